The van der Waals surface area contributed by atoms with Crippen molar-refractivity contribution in [1.29, 1.82) is 0 Å². The third-order valence-corrected chi connectivity index (χ3v) is 6.51. The first-order chi connectivity index (χ1) is 16.3. The minimum absolute atomic E-state index is 0. The van der Waals surface area contributed by atoms with Crippen LogP contribution in [0.1, 0.15) is 33.3 Å². The van der Waals surface area contributed by atoms with Crippen molar-refractivity contribution in [3.05, 3.63) is 104 Å². The zero-order chi connectivity index (χ0) is 23.9. The number of nitrogens with zero attached hydrogens (tertiary/aromatic N) is 4. The van der Waals surface area contributed by atoms with Crippen LogP contribution in [0.5, 0.6) is 11.5 Å². The minimum atomic E-state index is -0.0945. The Morgan fingerprint density at radius 2 is 1.49 bits per heavy atom. The second kappa shape index (κ2) is 10.1. The van der Waals surface area contributed by atoms with Crippen LogP contribution in [0.4, 0.5) is 17.1 Å². The summed E-state index contributed by atoms with van der Waals surface area (Å²) in [5.41, 5.74) is 4.18. The molecule has 35 heavy (non-hydrogen) atoms. The molecular weight excluding hydrogens is 615 g/mol. The monoisotopic (exact) mass is 645 g/mol. The first-order valence-corrected chi connectivity index (χ1v) is 11.6. The summed E-state index contributed by atoms with van der Waals surface area (Å²) >= 11 is 0. The normalized spacial score (nSPS) is 16.9. The van der Waals surface area contributed by atoms with Crippen molar-refractivity contribution in [3.8, 4) is 11.5 Å². The van der Waals surface area contributed by atoms with Crippen LogP contribution in [0.3, 0.4) is 0 Å². The maximum Gasteiger partial charge on any atom is 4.00 e. The zero-order valence-electron chi connectivity index (χ0n) is 20.7. The molecule has 0 saturated carbocycles. The fourth-order valence-corrected chi connectivity index (χ4v) is 4.18. The fourth-order valence-electron chi connectivity index (χ4n) is 4.18. The van der Waals surface area contributed by atoms with Gasteiger partial charge in [-0.25, -0.2) is 0 Å². The molecule has 0 fully saturated rings. The molecule has 2 heterocycles. The SMILES string of the molecule is CC(C)N1C=CN(c2[c-]c(Oc3[c-]c(N4[CH-]N(C)C(C)(C)c5ccccc54)ccc3)ccc2)[CH-]1.[Pt+4]. The van der Waals surface area contributed by atoms with Gasteiger partial charge in [0.1, 0.15) is 0 Å². The number of hydrogen-bond donors (Lipinski definition) is 0. The van der Waals surface area contributed by atoms with Crippen LogP contribution >= 0.6 is 0 Å². The predicted octanol–water partition coefficient (Wildman–Crippen LogP) is 6.64. The molecule has 0 radical (unpaired) electrons. The Labute approximate surface area is 223 Å². The molecule has 0 amide bonds. The van der Waals surface area contributed by atoms with Gasteiger partial charge in [0.15, 0.2) is 0 Å². The molecule has 182 valence electrons. The molecule has 0 atom stereocenters. The molecule has 0 N–H and O–H groups in total. The number of hydrogen-bond acceptors (Lipinski definition) is 5. The fraction of sp³-hybridized carbons (Fsp3) is 0.241. The Kier molecular flexibility index (Phi) is 7.30. The Hall–Kier alpha value is -2.75. The molecule has 5 rings (SSSR count). The van der Waals surface area contributed by atoms with E-state index >= 15 is 0 Å². The molecule has 0 bridgehead atoms. The van der Waals surface area contributed by atoms with Gasteiger partial charge >= 0.3 is 21.1 Å². The molecule has 3 aromatic rings. The molecule has 6 heteroatoms. The van der Waals surface area contributed by atoms with Crippen LogP contribution in [-0.2, 0) is 26.6 Å². The largest absolute Gasteiger partial charge is 4.00 e. The van der Waals surface area contributed by atoms with E-state index < -0.39 is 0 Å². The number of ether oxygens (including phenoxy) is 1. The van der Waals surface area contributed by atoms with Crippen LogP contribution in [-0.4, -0.2) is 22.9 Å². The van der Waals surface area contributed by atoms with Crippen molar-refractivity contribution in [2.45, 2.75) is 39.3 Å². The van der Waals surface area contributed by atoms with Gasteiger partial charge in [0.25, 0.3) is 0 Å². The van der Waals surface area contributed by atoms with Gasteiger partial charge in [-0.3, -0.25) is 0 Å². The van der Waals surface area contributed by atoms with Gasteiger partial charge in [0.05, 0.1) is 0 Å². The van der Waals surface area contributed by atoms with Crippen LogP contribution in [0.25, 0.3) is 0 Å². The standard InChI is InChI=1S/C29H30N4O.Pt/c1-22(2)31-16-17-32(21-31)23-10-8-12-25(18-23)34-26-13-9-11-24(19-26)33-20-30(5)29(3,4)27-14-6-7-15-28(27)33;/h6-17,20-22H,1-5H3;/q-4;+4. The molecular formula is C29H30N4OPt. The molecule has 0 aromatic heterocycles. The molecule has 5 nitrogen and oxygen atoms in total. The van der Waals surface area contributed by atoms with Crippen molar-refractivity contribution in [3.63, 3.8) is 0 Å². The van der Waals surface area contributed by atoms with E-state index in [1.54, 1.807) is 0 Å². The van der Waals surface area contributed by atoms with Gasteiger partial charge in [-0.05, 0) is 64.8 Å². The molecule has 0 spiro atoms. The molecule has 0 unspecified atom stereocenters. The van der Waals surface area contributed by atoms with Gasteiger partial charge in [0.2, 0.25) is 0 Å². The summed E-state index contributed by atoms with van der Waals surface area (Å²) in [6, 6.07) is 27.6. The van der Waals surface area contributed by atoms with E-state index in [9.17, 15) is 0 Å². The first-order valence-electron chi connectivity index (χ1n) is 11.6. The van der Waals surface area contributed by atoms with Gasteiger partial charge in [-0.15, -0.1) is 47.8 Å². The third kappa shape index (κ3) is 4.98. The summed E-state index contributed by atoms with van der Waals surface area (Å²) in [4.78, 5) is 8.60. The summed E-state index contributed by atoms with van der Waals surface area (Å²) in [5.74, 6) is 1.30. The predicted molar refractivity (Wildman–Crippen MR) is 137 cm³/mol. The maximum absolute atomic E-state index is 6.20. The van der Waals surface area contributed by atoms with Crippen LogP contribution in [0, 0.1) is 25.5 Å². The Balaban J connectivity index is 0.00000289. The molecule has 3 aromatic carbocycles. The maximum atomic E-state index is 6.20. The van der Waals surface area contributed by atoms with Crippen LogP contribution < -0.4 is 14.5 Å². The van der Waals surface area contributed by atoms with Gasteiger partial charge in [0, 0.05) is 22.7 Å². The van der Waals surface area contributed by atoms with E-state index in [-0.39, 0.29) is 26.6 Å². The molecule has 0 saturated heterocycles. The van der Waals surface area contributed by atoms with Crippen molar-refractivity contribution in [1.82, 2.24) is 9.80 Å². The third-order valence-electron chi connectivity index (χ3n) is 6.51. The summed E-state index contributed by atoms with van der Waals surface area (Å²) in [7, 11) is 2.11. The van der Waals surface area contributed by atoms with E-state index in [1.807, 2.05) is 41.4 Å². The van der Waals surface area contributed by atoms with Crippen molar-refractivity contribution in [2.24, 2.45) is 0 Å². The van der Waals surface area contributed by atoms with E-state index in [0.29, 0.717) is 17.5 Å². The van der Waals surface area contributed by atoms with E-state index in [4.69, 9.17) is 4.74 Å². The summed E-state index contributed by atoms with van der Waals surface area (Å²) < 4.78 is 6.20. The van der Waals surface area contributed by atoms with Crippen LogP contribution in [0.15, 0.2) is 73.1 Å². The molecule has 2 aliphatic heterocycles. The average Bonchev–Trinajstić information content (AvgIpc) is 3.33. The Morgan fingerprint density at radius 3 is 2.17 bits per heavy atom. The van der Waals surface area contributed by atoms with Gasteiger partial charge in [-0.2, -0.15) is 25.5 Å². The Bertz CT molecular complexity index is 1210. The van der Waals surface area contributed by atoms with Crippen molar-refractivity contribution >= 4 is 17.1 Å². The number of benzene rings is 3. The zero-order valence-corrected chi connectivity index (χ0v) is 22.9. The number of anilines is 3. The number of fused-ring (bicyclic) bond motifs is 1. The topological polar surface area (TPSA) is 22.2 Å². The first kappa shape index (κ1) is 25.3. The number of para-hydroxylation sites is 1. The summed E-state index contributed by atoms with van der Waals surface area (Å²) in [5, 5.41) is 0. The molecule has 0 aliphatic carbocycles. The van der Waals surface area contributed by atoms with E-state index in [1.165, 1.54) is 5.56 Å². The Morgan fingerprint density at radius 1 is 0.829 bits per heavy atom. The minimum Gasteiger partial charge on any atom is -0.509 e. The summed E-state index contributed by atoms with van der Waals surface area (Å²) in [6.45, 7) is 13.0. The van der Waals surface area contributed by atoms with Gasteiger partial charge in [-0.1, -0.05) is 18.2 Å². The smallest absolute Gasteiger partial charge is 0.509 e. The van der Waals surface area contributed by atoms with Gasteiger partial charge < -0.3 is 24.3 Å². The van der Waals surface area contributed by atoms with E-state index in [0.717, 1.165) is 17.1 Å². The molecule has 2 aliphatic rings. The van der Waals surface area contributed by atoms with E-state index in [2.05, 4.69) is 111 Å². The van der Waals surface area contributed by atoms with Crippen LogP contribution in [0.2, 0.25) is 0 Å². The summed E-state index contributed by atoms with van der Waals surface area (Å²) in [6.07, 6.45) is 4.10. The van der Waals surface area contributed by atoms with Crippen molar-refractivity contribution < 1.29 is 25.8 Å². The quantitative estimate of drug-likeness (QED) is 0.290. The second-order valence-corrected chi connectivity index (χ2v) is 9.44. The number of rotatable bonds is 5. The van der Waals surface area contributed by atoms with Crippen molar-refractivity contribution in [2.75, 3.05) is 16.8 Å². The average molecular weight is 646 g/mol. The second-order valence-electron chi connectivity index (χ2n) is 9.44.